The molecule has 0 amide bonds. The highest BCUT2D eigenvalue weighted by Gasteiger charge is 2.28. The quantitative estimate of drug-likeness (QED) is 0.608. The SMILES string of the molecule is CCc1ccc(NC(N)=NCc2ccccc2OCC(F)(F)F)cc1. The van der Waals surface area contributed by atoms with E-state index in [1.54, 1.807) is 18.2 Å². The predicted octanol–water partition coefficient (Wildman–Crippen LogP) is 4.12. The molecule has 0 aliphatic carbocycles. The lowest BCUT2D eigenvalue weighted by Crippen LogP contribution is -2.22. The zero-order valence-electron chi connectivity index (χ0n) is 13.8. The number of halogens is 3. The minimum Gasteiger partial charge on any atom is -0.484 e. The maximum Gasteiger partial charge on any atom is 0.422 e. The largest absolute Gasteiger partial charge is 0.484 e. The second kappa shape index (κ2) is 8.41. The van der Waals surface area contributed by atoms with E-state index in [0.717, 1.165) is 12.1 Å². The van der Waals surface area contributed by atoms with Crippen LogP contribution in [0.25, 0.3) is 0 Å². The van der Waals surface area contributed by atoms with Crippen LogP contribution in [-0.4, -0.2) is 18.7 Å². The van der Waals surface area contributed by atoms with Gasteiger partial charge in [0.05, 0.1) is 6.54 Å². The Morgan fingerprint density at radius 2 is 1.80 bits per heavy atom. The third-order valence-electron chi connectivity index (χ3n) is 3.42. The molecule has 134 valence electrons. The lowest BCUT2D eigenvalue weighted by Gasteiger charge is -2.12. The average molecular weight is 351 g/mol. The van der Waals surface area contributed by atoms with Crippen LogP contribution in [0.3, 0.4) is 0 Å². The number of alkyl halides is 3. The minimum atomic E-state index is -4.39. The third-order valence-corrected chi connectivity index (χ3v) is 3.42. The van der Waals surface area contributed by atoms with Crippen LogP contribution in [0.5, 0.6) is 5.75 Å². The molecule has 0 heterocycles. The molecule has 0 fully saturated rings. The number of ether oxygens (including phenoxy) is 1. The Balaban J connectivity index is 1.99. The van der Waals surface area contributed by atoms with Gasteiger partial charge in [-0.05, 0) is 30.2 Å². The van der Waals surface area contributed by atoms with Crippen molar-refractivity contribution in [1.82, 2.24) is 0 Å². The Kier molecular flexibility index (Phi) is 6.27. The maximum atomic E-state index is 12.3. The van der Waals surface area contributed by atoms with Crippen LogP contribution < -0.4 is 15.8 Å². The number of nitrogens with one attached hydrogen (secondary N) is 1. The van der Waals surface area contributed by atoms with E-state index in [0.29, 0.717) is 5.56 Å². The van der Waals surface area contributed by atoms with Crippen LogP contribution in [0.2, 0.25) is 0 Å². The van der Waals surface area contributed by atoms with Crippen molar-refractivity contribution in [2.75, 3.05) is 11.9 Å². The highest BCUT2D eigenvalue weighted by molar-refractivity contribution is 5.92. The van der Waals surface area contributed by atoms with Crippen LogP contribution in [0.4, 0.5) is 18.9 Å². The first-order chi connectivity index (χ1) is 11.9. The van der Waals surface area contributed by atoms with Crippen LogP contribution in [0.1, 0.15) is 18.1 Å². The van der Waals surface area contributed by atoms with Gasteiger partial charge in [-0.25, -0.2) is 4.99 Å². The first kappa shape index (κ1) is 18.6. The van der Waals surface area contributed by atoms with Gasteiger partial charge in [-0.1, -0.05) is 37.3 Å². The van der Waals surface area contributed by atoms with Crippen molar-refractivity contribution < 1.29 is 17.9 Å². The van der Waals surface area contributed by atoms with Gasteiger partial charge in [0.15, 0.2) is 12.6 Å². The molecule has 0 unspecified atom stereocenters. The standard InChI is InChI=1S/C18H20F3N3O/c1-2-13-7-9-15(10-8-13)24-17(22)23-11-14-5-3-4-6-16(14)25-12-18(19,20)21/h3-10H,2,11-12H2,1H3,(H3,22,23,24). The molecule has 0 atom stereocenters. The Bertz CT molecular complexity index is 712. The van der Waals surface area contributed by atoms with Gasteiger partial charge >= 0.3 is 6.18 Å². The maximum absolute atomic E-state index is 12.3. The Hall–Kier alpha value is -2.70. The molecule has 2 aromatic rings. The number of aliphatic imine (C=N–C) groups is 1. The number of nitrogens with zero attached hydrogens (tertiary/aromatic N) is 1. The van der Waals surface area contributed by atoms with Crippen molar-refractivity contribution in [2.24, 2.45) is 10.7 Å². The molecule has 25 heavy (non-hydrogen) atoms. The average Bonchev–Trinajstić information content (AvgIpc) is 2.59. The van der Waals surface area contributed by atoms with Gasteiger partial charge < -0.3 is 15.8 Å². The van der Waals surface area contributed by atoms with Crippen LogP contribution >= 0.6 is 0 Å². The molecular weight excluding hydrogens is 331 g/mol. The van der Waals surface area contributed by atoms with Crippen molar-refractivity contribution >= 4 is 11.6 Å². The third kappa shape index (κ3) is 6.37. The summed E-state index contributed by atoms with van der Waals surface area (Å²) in [6.07, 6.45) is -3.44. The van der Waals surface area contributed by atoms with E-state index in [4.69, 9.17) is 10.5 Å². The van der Waals surface area contributed by atoms with Gasteiger partial charge in [-0.15, -0.1) is 0 Å². The zero-order valence-corrected chi connectivity index (χ0v) is 13.8. The first-order valence-electron chi connectivity index (χ1n) is 7.80. The van der Waals surface area contributed by atoms with Gasteiger partial charge in [0.2, 0.25) is 0 Å². The molecule has 2 aromatic carbocycles. The number of hydrogen-bond acceptors (Lipinski definition) is 2. The zero-order chi connectivity index (χ0) is 18.3. The summed E-state index contributed by atoms with van der Waals surface area (Å²) in [5, 5.41) is 2.95. The summed E-state index contributed by atoms with van der Waals surface area (Å²) >= 11 is 0. The van der Waals surface area contributed by atoms with Gasteiger partial charge in [0, 0.05) is 11.3 Å². The molecule has 3 N–H and O–H groups in total. The molecule has 0 bridgehead atoms. The summed E-state index contributed by atoms with van der Waals surface area (Å²) in [5.74, 6) is 0.318. The van der Waals surface area contributed by atoms with Crippen molar-refractivity contribution in [2.45, 2.75) is 26.1 Å². The van der Waals surface area contributed by atoms with E-state index in [2.05, 4.69) is 17.2 Å². The van der Waals surface area contributed by atoms with Crippen LogP contribution in [0, 0.1) is 0 Å². The molecular formula is C18H20F3N3O. The minimum absolute atomic E-state index is 0.111. The normalized spacial score (nSPS) is 12.1. The van der Waals surface area contributed by atoms with Crippen molar-refractivity contribution in [3.8, 4) is 5.75 Å². The Morgan fingerprint density at radius 1 is 1.12 bits per heavy atom. The number of aryl methyl sites for hydroxylation is 1. The van der Waals surface area contributed by atoms with E-state index in [1.807, 2.05) is 24.3 Å². The number of benzene rings is 2. The summed E-state index contributed by atoms with van der Waals surface area (Å²) in [7, 11) is 0. The number of guanidine groups is 1. The molecule has 4 nitrogen and oxygen atoms in total. The molecule has 0 spiro atoms. The van der Waals surface area contributed by atoms with Crippen LogP contribution in [-0.2, 0) is 13.0 Å². The highest BCUT2D eigenvalue weighted by atomic mass is 19.4. The Morgan fingerprint density at radius 3 is 2.44 bits per heavy atom. The topological polar surface area (TPSA) is 59.6 Å². The summed E-state index contributed by atoms with van der Waals surface area (Å²) in [6.45, 7) is 0.835. The molecule has 0 aromatic heterocycles. The van der Waals surface area contributed by atoms with Gasteiger partial charge in [0.1, 0.15) is 5.75 Å². The van der Waals surface area contributed by atoms with Crippen molar-refractivity contribution in [3.05, 3.63) is 59.7 Å². The van der Waals surface area contributed by atoms with Gasteiger partial charge in [-0.2, -0.15) is 13.2 Å². The van der Waals surface area contributed by atoms with Crippen molar-refractivity contribution in [3.63, 3.8) is 0 Å². The molecule has 0 aliphatic rings. The summed E-state index contributed by atoms with van der Waals surface area (Å²) in [6, 6.07) is 14.2. The fourth-order valence-corrected chi connectivity index (χ4v) is 2.12. The number of rotatable bonds is 6. The summed E-state index contributed by atoms with van der Waals surface area (Å²) in [4.78, 5) is 4.16. The smallest absolute Gasteiger partial charge is 0.422 e. The summed E-state index contributed by atoms with van der Waals surface area (Å²) < 4.78 is 41.7. The van der Waals surface area contributed by atoms with Crippen LogP contribution in [0.15, 0.2) is 53.5 Å². The highest BCUT2D eigenvalue weighted by Crippen LogP contribution is 2.22. The predicted molar refractivity (Wildman–Crippen MR) is 92.8 cm³/mol. The van der Waals surface area contributed by atoms with E-state index in [9.17, 15) is 13.2 Å². The number of anilines is 1. The lowest BCUT2D eigenvalue weighted by atomic mass is 10.1. The van der Waals surface area contributed by atoms with E-state index in [1.165, 1.54) is 11.6 Å². The van der Waals surface area contributed by atoms with Gasteiger partial charge in [-0.3, -0.25) is 0 Å². The van der Waals surface area contributed by atoms with E-state index < -0.39 is 12.8 Å². The summed E-state index contributed by atoms with van der Waals surface area (Å²) in [5.41, 5.74) is 8.36. The molecule has 0 radical (unpaired) electrons. The molecule has 0 aliphatic heterocycles. The van der Waals surface area contributed by atoms with E-state index >= 15 is 0 Å². The fraction of sp³-hybridized carbons (Fsp3) is 0.278. The van der Waals surface area contributed by atoms with Gasteiger partial charge in [0.25, 0.3) is 0 Å². The Labute approximate surface area is 144 Å². The lowest BCUT2D eigenvalue weighted by molar-refractivity contribution is -0.153. The van der Waals surface area contributed by atoms with Crippen molar-refractivity contribution in [1.29, 1.82) is 0 Å². The monoisotopic (exact) mass is 351 g/mol. The molecule has 2 rings (SSSR count). The molecule has 0 saturated carbocycles. The molecule has 0 saturated heterocycles. The number of hydrogen-bond donors (Lipinski definition) is 2. The fourth-order valence-electron chi connectivity index (χ4n) is 2.12. The number of nitrogens with two attached hydrogens (primary N) is 1. The number of para-hydroxylation sites is 1. The first-order valence-corrected chi connectivity index (χ1v) is 7.80. The second-order valence-electron chi connectivity index (χ2n) is 5.39. The van der Waals surface area contributed by atoms with E-state index in [-0.39, 0.29) is 18.3 Å². The molecule has 7 heteroatoms. The second-order valence-corrected chi connectivity index (χ2v) is 5.39.